The average molecular weight is 539 g/mol. The second-order valence-corrected chi connectivity index (χ2v) is 8.64. The quantitative estimate of drug-likeness (QED) is 0.206. The number of imidazole rings is 1. The Morgan fingerprint density at radius 3 is 2.42 bits per heavy atom. The summed E-state index contributed by atoms with van der Waals surface area (Å²) < 4.78 is 44.4. The van der Waals surface area contributed by atoms with E-state index in [1.165, 1.54) is 24.3 Å². The maximum atomic E-state index is 13.0. The first-order valence-electron chi connectivity index (χ1n) is 11.1. The molecule has 0 saturated carbocycles. The molecule has 190 valence electrons. The van der Waals surface area contributed by atoms with Gasteiger partial charge in [0.1, 0.15) is 18.1 Å². The Morgan fingerprint density at radius 2 is 1.78 bits per heavy atom. The van der Waals surface area contributed by atoms with Crippen LogP contribution in [0.1, 0.15) is 53.6 Å². The zero-order valence-corrected chi connectivity index (χ0v) is 20.8. The molecule has 3 aromatic rings. The van der Waals surface area contributed by atoms with Crippen molar-refractivity contribution >= 4 is 46.3 Å². The summed E-state index contributed by atoms with van der Waals surface area (Å²) in [5.74, 6) is 0.0713. The van der Waals surface area contributed by atoms with Crippen molar-refractivity contribution in [1.29, 1.82) is 5.41 Å². The van der Waals surface area contributed by atoms with Crippen molar-refractivity contribution in [3.63, 3.8) is 0 Å². The van der Waals surface area contributed by atoms with Gasteiger partial charge in [0, 0.05) is 12.8 Å². The van der Waals surface area contributed by atoms with Gasteiger partial charge in [-0.25, -0.2) is 9.78 Å². The Labute approximate surface area is 216 Å². The summed E-state index contributed by atoms with van der Waals surface area (Å²) in [6, 6.07) is 12.2. The number of hydrogen-bond acceptors (Lipinski definition) is 5. The normalized spacial score (nSPS) is 12.0. The summed E-state index contributed by atoms with van der Waals surface area (Å²) in [4.78, 5) is 24.0. The van der Waals surface area contributed by atoms with Crippen LogP contribution in [0.2, 0.25) is 10.2 Å². The number of carbonyl (C=O) groups is 1. The van der Waals surface area contributed by atoms with Crippen molar-refractivity contribution in [2.75, 3.05) is 0 Å². The van der Waals surface area contributed by atoms with Crippen LogP contribution in [0.3, 0.4) is 0 Å². The van der Waals surface area contributed by atoms with Crippen LogP contribution in [0.4, 0.5) is 18.9 Å². The number of ether oxygens (including phenoxy) is 1. The number of aromatic amines is 1. The van der Waals surface area contributed by atoms with Crippen LogP contribution in [0.15, 0.2) is 53.5 Å². The molecule has 2 N–H and O–H groups in total. The minimum Gasteiger partial charge on any atom is -0.456 e. The van der Waals surface area contributed by atoms with Gasteiger partial charge in [0.2, 0.25) is 0 Å². The number of benzene rings is 2. The van der Waals surface area contributed by atoms with Crippen LogP contribution >= 0.6 is 23.2 Å². The maximum Gasteiger partial charge on any atom is 0.429 e. The predicted octanol–water partition coefficient (Wildman–Crippen LogP) is 7.51. The van der Waals surface area contributed by atoms with Gasteiger partial charge < -0.3 is 15.1 Å². The van der Waals surface area contributed by atoms with Gasteiger partial charge in [0.15, 0.2) is 5.15 Å². The Morgan fingerprint density at radius 1 is 1.11 bits per heavy atom. The third-order valence-corrected chi connectivity index (χ3v) is 5.77. The topological polar surface area (TPSA) is 91.2 Å². The Bertz CT molecular complexity index is 1250. The molecule has 1 aromatic heterocycles. The molecule has 3 rings (SSSR count). The highest BCUT2D eigenvalue weighted by atomic mass is 35.5. The number of aryl methyl sites for hydroxylation is 1. The van der Waals surface area contributed by atoms with E-state index in [1.54, 1.807) is 24.3 Å². The number of aliphatic imine (C=N–C) groups is 1. The monoisotopic (exact) mass is 538 g/mol. The minimum atomic E-state index is -4.80. The first kappa shape index (κ1) is 27.4. The number of carbonyl (C=O) groups excluding carboxylic acids is 1. The highest BCUT2D eigenvalue weighted by Gasteiger charge is 2.35. The molecular weight excluding hydrogens is 516 g/mol. The van der Waals surface area contributed by atoms with E-state index in [1.807, 2.05) is 0 Å². The predicted molar refractivity (Wildman–Crippen MR) is 134 cm³/mol. The number of nitrogens with zero attached hydrogens (tertiary/aromatic N) is 2. The minimum absolute atomic E-state index is 0.0193. The second kappa shape index (κ2) is 12.2. The number of para-hydroxylation sites is 1. The van der Waals surface area contributed by atoms with Gasteiger partial charge in [-0.2, -0.15) is 13.2 Å². The van der Waals surface area contributed by atoms with Crippen LogP contribution in [0.25, 0.3) is 0 Å². The van der Waals surface area contributed by atoms with Gasteiger partial charge in [0.25, 0.3) is 0 Å². The molecule has 0 unspecified atom stereocenters. The van der Waals surface area contributed by atoms with Crippen molar-refractivity contribution in [2.45, 2.75) is 45.4 Å². The largest absolute Gasteiger partial charge is 0.456 e. The first-order chi connectivity index (χ1) is 17.1. The van der Waals surface area contributed by atoms with E-state index in [4.69, 9.17) is 33.3 Å². The van der Waals surface area contributed by atoms with Crippen molar-refractivity contribution in [3.05, 3.63) is 81.4 Å². The number of alkyl halides is 3. The number of unbranched alkanes of at least 4 members (excludes halogenated alkanes) is 1. The lowest BCUT2D eigenvalue weighted by molar-refractivity contribution is -0.0605. The number of hydrogen-bond donors (Lipinski definition) is 2. The van der Waals surface area contributed by atoms with E-state index < -0.39 is 24.3 Å². The van der Waals surface area contributed by atoms with Gasteiger partial charge in [-0.1, -0.05) is 60.8 Å². The highest BCUT2D eigenvalue weighted by molar-refractivity contribution is 6.33. The molecule has 0 aliphatic carbocycles. The SMILES string of the molecule is CCCCc1nc(Cl)c(COC(=O)c2ccc(C(CC(=N)C(F)(F)F)=Nc3ccccc3Cl)cc2)[nH]1. The third kappa shape index (κ3) is 7.41. The van der Waals surface area contributed by atoms with E-state index in [0.29, 0.717) is 17.1 Å². The number of aromatic nitrogens is 2. The molecule has 0 spiro atoms. The molecule has 0 saturated heterocycles. The van der Waals surface area contributed by atoms with Gasteiger partial charge in [0.05, 0.1) is 27.7 Å². The van der Waals surface area contributed by atoms with Crippen LogP contribution in [-0.2, 0) is 17.8 Å². The fraction of sp³-hybridized carbons (Fsp3) is 0.280. The number of nitrogens with one attached hydrogen (secondary N) is 2. The van der Waals surface area contributed by atoms with E-state index in [2.05, 4.69) is 21.9 Å². The molecule has 0 bridgehead atoms. The standard InChI is InChI=1S/C25H23Cl2F3N4O2/c1-2-3-8-22-33-20(23(27)34-22)14-36-24(35)16-11-9-15(10-12-16)19(13-21(31)25(28,29)30)32-18-7-5-4-6-17(18)26/h4-7,9-12,31H,2-3,8,13-14H2,1H3,(H,33,34). The van der Waals surface area contributed by atoms with Crippen LogP contribution in [0, 0.1) is 5.41 Å². The molecule has 0 aliphatic rings. The lowest BCUT2D eigenvalue weighted by Crippen LogP contribution is -2.25. The van der Waals surface area contributed by atoms with E-state index in [-0.39, 0.29) is 33.7 Å². The van der Waals surface area contributed by atoms with Crippen molar-refractivity contribution < 1.29 is 22.7 Å². The maximum absolute atomic E-state index is 13.0. The van der Waals surface area contributed by atoms with Crippen molar-refractivity contribution in [3.8, 4) is 0 Å². The molecule has 2 aromatic carbocycles. The van der Waals surface area contributed by atoms with Gasteiger partial charge in [-0.3, -0.25) is 4.99 Å². The molecule has 0 amide bonds. The third-order valence-electron chi connectivity index (χ3n) is 5.14. The van der Waals surface area contributed by atoms with E-state index in [9.17, 15) is 18.0 Å². The molecule has 0 aliphatic heterocycles. The molecule has 0 radical (unpaired) electrons. The number of rotatable bonds is 10. The summed E-state index contributed by atoms with van der Waals surface area (Å²) in [5, 5.41) is 7.90. The van der Waals surface area contributed by atoms with Gasteiger partial charge in [-0.05, 0) is 36.2 Å². The van der Waals surface area contributed by atoms with Crippen molar-refractivity contribution in [2.24, 2.45) is 4.99 Å². The number of esters is 1. The summed E-state index contributed by atoms with van der Waals surface area (Å²) in [5.41, 5.74) is -0.239. The molecule has 0 fully saturated rings. The van der Waals surface area contributed by atoms with E-state index >= 15 is 0 Å². The average Bonchev–Trinajstić information content (AvgIpc) is 3.20. The first-order valence-corrected chi connectivity index (χ1v) is 11.8. The van der Waals surface area contributed by atoms with Crippen LogP contribution < -0.4 is 0 Å². The summed E-state index contributed by atoms with van der Waals surface area (Å²) in [6.07, 6.45) is -2.89. The Balaban J connectivity index is 1.76. The smallest absolute Gasteiger partial charge is 0.429 e. The lowest BCUT2D eigenvalue weighted by Gasteiger charge is -2.12. The van der Waals surface area contributed by atoms with Crippen molar-refractivity contribution in [1.82, 2.24) is 9.97 Å². The zero-order valence-electron chi connectivity index (χ0n) is 19.3. The number of halogens is 5. The molecule has 0 atom stereocenters. The summed E-state index contributed by atoms with van der Waals surface area (Å²) in [6.45, 7) is 1.95. The van der Waals surface area contributed by atoms with Gasteiger partial charge >= 0.3 is 12.1 Å². The van der Waals surface area contributed by atoms with Crippen LogP contribution in [-0.4, -0.2) is 33.5 Å². The van der Waals surface area contributed by atoms with E-state index in [0.717, 1.165) is 19.3 Å². The van der Waals surface area contributed by atoms with Gasteiger partial charge in [-0.15, -0.1) is 0 Å². The molecule has 11 heteroatoms. The highest BCUT2D eigenvalue weighted by Crippen LogP contribution is 2.27. The second-order valence-electron chi connectivity index (χ2n) is 7.87. The Hall–Kier alpha value is -3.17. The molecule has 1 heterocycles. The Kier molecular flexibility index (Phi) is 9.28. The lowest BCUT2D eigenvalue weighted by atomic mass is 10.0. The molecular formula is C25H23Cl2F3N4O2. The fourth-order valence-corrected chi connectivity index (χ4v) is 3.56. The summed E-state index contributed by atoms with van der Waals surface area (Å²) in [7, 11) is 0. The zero-order chi connectivity index (χ0) is 26.3. The molecule has 36 heavy (non-hydrogen) atoms. The molecule has 6 nitrogen and oxygen atoms in total. The fourth-order valence-electron chi connectivity index (χ4n) is 3.18. The van der Waals surface area contributed by atoms with Crippen LogP contribution in [0.5, 0.6) is 0 Å². The number of H-pyrrole nitrogens is 1. The summed E-state index contributed by atoms with van der Waals surface area (Å²) >= 11 is 12.2.